The summed E-state index contributed by atoms with van der Waals surface area (Å²) >= 11 is 0. The van der Waals surface area contributed by atoms with E-state index in [-0.39, 0.29) is 18.0 Å². The Hall–Kier alpha value is -2.62. The molecular weight excluding hydrogens is 307 g/mol. The number of Topliss-reactive ketones (excluding diaryl/α,β-unsaturated/α-hetero) is 1. The van der Waals surface area contributed by atoms with Gasteiger partial charge in [0.05, 0.1) is 18.2 Å². The van der Waals surface area contributed by atoms with Crippen LogP contribution in [0.25, 0.3) is 6.08 Å². The van der Waals surface area contributed by atoms with Gasteiger partial charge in [-0.25, -0.2) is 4.39 Å². The van der Waals surface area contributed by atoms with Gasteiger partial charge in [-0.15, -0.1) is 0 Å². The number of fused-ring (bicyclic) bond motifs is 1. The van der Waals surface area contributed by atoms with Crippen molar-refractivity contribution in [3.05, 3.63) is 65.0 Å². The summed E-state index contributed by atoms with van der Waals surface area (Å²) in [4.78, 5) is 12.7. The zero-order chi connectivity index (χ0) is 17.3. The first-order valence-corrected chi connectivity index (χ1v) is 7.76. The zero-order valence-electron chi connectivity index (χ0n) is 13.9. The molecule has 0 unspecified atom stereocenters. The SMILES string of the molecule is COc1c(C(=O)Cc2ccc(F)cc2)ccc2c1C=CC(C)(C)O2. The predicted molar refractivity (Wildman–Crippen MR) is 91.2 cm³/mol. The van der Waals surface area contributed by atoms with Gasteiger partial charge in [-0.05, 0) is 55.8 Å². The summed E-state index contributed by atoms with van der Waals surface area (Å²) < 4.78 is 24.4. The third-order valence-electron chi connectivity index (χ3n) is 3.96. The second-order valence-corrected chi connectivity index (χ2v) is 6.32. The molecule has 4 heteroatoms. The van der Waals surface area contributed by atoms with Gasteiger partial charge in [-0.1, -0.05) is 12.1 Å². The van der Waals surface area contributed by atoms with Gasteiger partial charge in [-0.3, -0.25) is 4.79 Å². The van der Waals surface area contributed by atoms with Crippen molar-refractivity contribution in [2.75, 3.05) is 7.11 Å². The van der Waals surface area contributed by atoms with E-state index in [1.807, 2.05) is 26.0 Å². The molecule has 2 aromatic rings. The fourth-order valence-corrected chi connectivity index (χ4v) is 2.75. The third kappa shape index (κ3) is 3.18. The number of ether oxygens (including phenoxy) is 2. The Bertz CT molecular complexity index is 804. The van der Waals surface area contributed by atoms with Crippen LogP contribution in [0.3, 0.4) is 0 Å². The number of halogens is 1. The highest BCUT2D eigenvalue weighted by Gasteiger charge is 2.26. The Kier molecular flexibility index (Phi) is 4.14. The Labute approximate surface area is 140 Å². The molecule has 0 radical (unpaired) electrons. The van der Waals surface area contributed by atoms with Gasteiger partial charge < -0.3 is 9.47 Å². The van der Waals surface area contributed by atoms with E-state index in [1.165, 1.54) is 19.2 Å². The molecule has 0 atom stereocenters. The van der Waals surface area contributed by atoms with Crippen LogP contribution in [0.5, 0.6) is 11.5 Å². The number of rotatable bonds is 4. The number of hydrogen-bond acceptors (Lipinski definition) is 3. The Balaban J connectivity index is 1.94. The maximum Gasteiger partial charge on any atom is 0.170 e. The van der Waals surface area contributed by atoms with Crippen molar-refractivity contribution in [3.8, 4) is 11.5 Å². The van der Waals surface area contributed by atoms with Crippen molar-refractivity contribution in [3.63, 3.8) is 0 Å². The van der Waals surface area contributed by atoms with E-state index in [1.54, 1.807) is 24.3 Å². The molecule has 124 valence electrons. The molecule has 0 saturated heterocycles. The number of carbonyl (C=O) groups excluding carboxylic acids is 1. The summed E-state index contributed by atoms with van der Waals surface area (Å²) in [6.45, 7) is 3.93. The topological polar surface area (TPSA) is 35.5 Å². The number of methoxy groups -OCH3 is 1. The van der Waals surface area contributed by atoms with E-state index >= 15 is 0 Å². The maximum atomic E-state index is 13.0. The molecule has 3 nitrogen and oxygen atoms in total. The van der Waals surface area contributed by atoms with Crippen LogP contribution >= 0.6 is 0 Å². The number of carbonyl (C=O) groups is 1. The average molecular weight is 326 g/mol. The fourth-order valence-electron chi connectivity index (χ4n) is 2.75. The molecule has 1 aliphatic heterocycles. The van der Waals surface area contributed by atoms with Crippen molar-refractivity contribution < 1.29 is 18.7 Å². The molecule has 3 rings (SSSR count). The maximum absolute atomic E-state index is 13.0. The highest BCUT2D eigenvalue weighted by molar-refractivity contribution is 6.01. The van der Waals surface area contributed by atoms with Gasteiger partial charge in [0.25, 0.3) is 0 Å². The smallest absolute Gasteiger partial charge is 0.170 e. The van der Waals surface area contributed by atoms with Crippen LogP contribution in [0, 0.1) is 5.82 Å². The van der Waals surface area contributed by atoms with Crippen LogP contribution in [0.4, 0.5) is 4.39 Å². The standard InChI is InChI=1S/C20H19FO3/c1-20(2)11-10-16-18(24-20)9-8-15(19(16)23-3)17(22)12-13-4-6-14(21)7-5-13/h4-11H,12H2,1-3H3. The van der Waals surface area contributed by atoms with E-state index in [0.29, 0.717) is 17.1 Å². The summed E-state index contributed by atoms with van der Waals surface area (Å²) in [6, 6.07) is 9.45. The molecular formula is C20H19FO3. The monoisotopic (exact) mass is 326 g/mol. The second-order valence-electron chi connectivity index (χ2n) is 6.32. The van der Waals surface area contributed by atoms with Crippen molar-refractivity contribution in [2.24, 2.45) is 0 Å². The minimum atomic E-state index is -0.391. The fraction of sp³-hybridized carbons (Fsp3) is 0.250. The number of ketones is 1. The lowest BCUT2D eigenvalue weighted by molar-refractivity contribution is 0.0989. The third-order valence-corrected chi connectivity index (χ3v) is 3.96. The molecule has 0 amide bonds. The van der Waals surface area contributed by atoms with Crippen molar-refractivity contribution >= 4 is 11.9 Å². The van der Waals surface area contributed by atoms with E-state index in [0.717, 1.165) is 11.1 Å². The Morgan fingerprint density at radius 1 is 1.17 bits per heavy atom. The van der Waals surface area contributed by atoms with E-state index < -0.39 is 5.60 Å². The predicted octanol–water partition coefficient (Wildman–Crippen LogP) is 4.44. The first-order chi connectivity index (χ1) is 11.4. The zero-order valence-corrected chi connectivity index (χ0v) is 13.9. The van der Waals surface area contributed by atoms with Crippen LogP contribution in [0.1, 0.15) is 35.3 Å². The first kappa shape index (κ1) is 16.2. The van der Waals surface area contributed by atoms with Gasteiger partial charge in [0.1, 0.15) is 22.9 Å². The Morgan fingerprint density at radius 3 is 2.54 bits per heavy atom. The quantitative estimate of drug-likeness (QED) is 0.779. The summed E-state index contributed by atoms with van der Waals surface area (Å²) in [5, 5.41) is 0. The van der Waals surface area contributed by atoms with Crippen LogP contribution in [0.15, 0.2) is 42.5 Å². The molecule has 0 aliphatic carbocycles. The molecule has 0 aromatic heterocycles. The molecule has 0 saturated carbocycles. The summed E-state index contributed by atoms with van der Waals surface area (Å²) in [5.41, 5.74) is 1.63. The lowest BCUT2D eigenvalue weighted by Crippen LogP contribution is -2.27. The molecule has 0 fully saturated rings. The Morgan fingerprint density at radius 2 is 1.88 bits per heavy atom. The highest BCUT2D eigenvalue weighted by atomic mass is 19.1. The molecule has 1 aliphatic rings. The van der Waals surface area contributed by atoms with E-state index in [9.17, 15) is 9.18 Å². The van der Waals surface area contributed by atoms with Gasteiger partial charge in [0.2, 0.25) is 0 Å². The normalized spacial score (nSPS) is 14.7. The largest absolute Gasteiger partial charge is 0.495 e. The molecule has 1 heterocycles. The van der Waals surface area contributed by atoms with Gasteiger partial charge in [0, 0.05) is 6.42 Å². The minimum Gasteiger partial charge on any atom is -0.495 e. The number of hydrogen-bond donors (Lipinski definition) is 0. The number of benzene rings is 2. The lowest BCUT2D eigenvalue weighted by atomic mass is 9.96. The van der Waals surface area contributed by atoms with Crippen LogP contribution < -0.4 is 9.47 Å². The van der Waals surface area contributed by atoms with Crippen molar-refractivity contribution in [1.82, 2.24) is 0 Å². The van der Waals surface area contributed by atoms with E-state index in [4.69, 9.17) is 9.47 Å². The molecule has 0 bridgehead atoms. The second kappa shape index (κ2) is 6.11. The van der Waals surface area contributed by atoms with Gasteiger partial charge in [0.15, 0.2) is 5.78 Å². The summed E-state index contributed by atoms with van der Waals surface area (Å²) in [7, 11) is 1.54. The average Bonchev–Trinajstić information content (AvgIpc) is 2.54. The van der Waals surface area contributed by atoms with E-state index in [2.05, 4.69) is 0 Å². The molecule has 0 N–H and O–H groups in total. The highest BCUT2D eigenvalue weighted by Crippen LogP contribution is 2.39. The van der Waals surface area contributed by atoms with Crippen molar-refractivity contribution in [1.29, 1.82) is 0 Å². The van der Waals surface area contributed by atoms with Crippen molar-refractivity contribution in [2.45, 2.75) is 25.9 Å². The van der Waals surface area contributed by atoms with Gasteiger partial charge >= 0.3 is 0 Å². The summed E-state index contributed by atoms with van der Waals surface area (Å²) in [5.74, 6) is 0.797. The molecule has 0 spiro atoms. The van der Waals surface area contributed by atoms with Crippen LogP contribution in [-0.4, -0.2) is 18.5 Å². The summed E-state index contributed by atoms with van der Waals surface area (Å²) in [6.07, 6.45) is 4.05. The minimum absolute atomic E-state index is 0.0838. The van der Waals surface area contributed by atoms with Crippen LogP contribution in [0.2, 0.25) is 0 Å². The first-order valence-electron chi connectivity index (χ1n) is 7.76. The molecule has 24 heavy (non-hydrogen) atoms. The molecule has 2 aromatic carbocycles. The van der Waals surface area contributed by atoms with Crippen LogP contribution in [-0.2, 0) is 6.42 Å². The van der Waals surface area contributed by atoms with Gasteiger partial charge in [-0.2, -0.15) is 0 Å². The lowest BCUT2D eigenvalue weighted by Gasteiger charge is -2.29.